The number of carbonyl (C=O) groups excluding carboxylic acids is 3. The van der Waals surface area contributed by atoms with Crippen molar-refractivity contribution in [2.45, 2.75) is 52.2 Å². The summed E-state index contributed by atoms with van der Waals surface area (Å²) in [6.45, 7) is 9.93. The molecular formula is C32H36N2O5. The predicted octanol–water partition coefficient (Wildman–Crippen LogP) is 4.20. The van der Waals surface area contributed by atoms with Crippen LogP contribution in [-0.2, 0) is 20.8 Å². The standard InChI is InChI=1S/C32H36N2O5/c1-15-8-7-10-22-28(36)17(3)16(2)27-24(12-19-14-33-23-11-6-5-9-20(19)23)34-31(39)32(22,27)25(35)13-21-26(15)18(4)29(37)30(21)38/h5-7,9-11,14-16,21-22,24,26-28,33,36-37H,3,8,12-13H2,1-2,4H3,(H,34,39)/b10-7+. The summed E-state index contributed by atoms with van der Waals surface area (Å²) >= 11 is 0. The minimum Gasteiger partial charge on any atom is -0.504 e. The van der Waals surface area contributed by atoms with E-state index < -0.39 is 35.1 Å². The summed E-state index contributed by atoms with van der Waals surface area (Å²) in [5, 5.41) is 26.3. The molecule has 1 aromatic carbocycles. The molecule has 39 heavy (non-hydrogen) atoms. The number of rotatable bonds is 2. The van der Waals surface area contributed by atoms with Crippen LogP contribution in [0.3, 0.4) is 0 Å². The normalized spacial score (nSPS) is 39.4. The van der Waals surface area contributed by atoms with Crippen molar-refractivity contribution in [2.24, 2.45) is 40.9 Å². The zero-order valence-corrected chi connectivity index (χ0v) is 22.6. The number of hydrogen-bond donors (Lipinski definition) is 4. The Morgan fingerprint density at radius 1 is 1.15 bits per heavy atom. The molecule has 1 amide bonds. The van der Waals surface area contributed by atoms with Gasteiger partial charge in [0.1, 0.15) is 11.2 Å². The monoisotopic (exact) mass is 528 g/mol. The number of nitrogens with one attached hydrogen (secondary N) is 2. The number of aromatic nitrogens is 1. The minimum atomic E-state index is -1.54. The highest BCUT2D eigenvalue weighted by Crippen LogP contribution is 2.58. The third-order valence-corrected chi connectivity index (χ3v) is 10.3. The topological polar surface area (TPSA) is 119 Å². The summed E-state index contributed by atoms with van der Waals surface area (Å²) in [5.41, 5.74) is 1.74. The lowest BCUT2D eigenvalue weighted by Crippen LogP contribution is -2.59. The van der Waals surface area contributed by atoms with E-state index in [0.29, 0.717) is 24.0 Å². The number of ketones is 2. The first-order valence-corrected chi connectivity index (χ1v) is 14.0. The van der Waals surface area contributed by atoms with E-state index in [-0.39, 0.29) is 47.7 Å². The molecule has 0 radical (unpaired) electrons. The molecule has 2 heterocycles. The Labute approximate surface area is 228 Å². The summed E-state index contributed by atoms with van der Waals surface area (Å²) in [6, 6.07) is 7.62. The third kappa shape index (κ3) is 3.48. The van der Waals surface area contributed by atoms with E-state index in [2.05, 4.69) is 16.9 Å². The largest absolute Gasteiger partial charge is 0.504 e. The van der Waals surface area contributed by atoms with Crippen molar-refractivity contribution in [1.29, 1.82) is 0 Å². The van der Waals surface area contributed by atoms with E-state index in [1.807, 2.05) is 56.5 Å². The molecule has 9 unspecified atom stereocenters. The van der Waals surface area contributed by atoms with Crippen LogP contribution in [0.15, 0.2) is 66.1 Å². The van der Waals surface area contributed by atoms with E-state index >= 15 is 0 Å². The first-order chi connectivity index (χ1) is 18.6. The highest BCUT2D eigenvalue weighted by atomic mass is 16.3. The van der Waals surface area contributed by atoms with Gasteiger partial charge in [-0.3, -0.25) is 14.4 Å². The number of carbonyl (C=O) groups is 3. The fraction of sp³-hybridized carbons (Fsp3) is 0.469. The van der Waals surface area contributed by atoms with Crippen LogP contribution in [0.25, 0.3) is 10.9 Å². The maximum absolute atomic E-state index is 14.6. The molecule has 6 rings (SSSR count). The van der Waals surface area contributed by atoms with Crippen LogP contribution >= 0.6 is 0 Å². The van der Waals surface area contributed by atoms with Crippen molar-refractivity contribution in [3.05, 3.63) is 71.7 Å². The average molecular weight is 529 g/mol. The minimum absolute atomic E-state index is 0.00683. The zero-order chi connectivity index (χ0) is 27.8. The van der Waals surface area contributed by atoms with E-state index in [0.717, 1.165) is 16.5 Å². The number of Topliss-reactive ketones (excluding diaryl/α,β-unsaturated/α-hetero) is 2. The molecule has 7 nitrogen and oxygen atoms in total. The molecule has 0 bridgehead atoms. The Balaban J connectivity index is 1.47. The van der Waals surface area contributed by atoms with E-state index in [4.69, 9.17) is 0 Å². The fourth-order valence-electron chi connectivity index (χ4n) is 8.40. The average Bonchev–Trinajstić information content (AvgIpc) is 3.52. The van der Waals surface area contributed by atoms with Gasteiger partial charge in [0.05, 0.1) is 6.10 Å². The van der Waals surface area contributed by atoms with Gasteiger partial charge in [-0.25, -0.2) is 0 Å². The maximum Gasteiger partial charge on any atom is 0.235 e. The first-order valence-electron chi connectivity index (χ1n) is 14.0. The number of para-hydroxylation sites is 1. The molecule has 1 aliphatic heterocycles. The lowest BCUT2D eigenvalue weighted by Gasteiger charge is -2.49. The van der Waals surface area contributed by atoms with Crippen molar-refractivity contribution in [3.63, 3.8) is 0 Å². The van der Waals surface area contributed by atoms with Crippen molar-refractivity contribution in [1.82, 2.24) is 10.3 Å². The molecule has 4 aliphatic rings. The number of aliphatic hydroxyl groups excluding tert-OH is 2. The van der Waals surface area contributed by atoms with Crippen LogP contribution in [0.1, 0.15) is 39.2 Å². The molecule has 4 N–H and O–H groups in total. The number of aromatic amines is 1. The second kappa shape index (κ2) is 9.05. The second-order valence-electron chi connectivity index (χ2n) is 12.2. The van der Waals surface area contributed by atoms with Crippen LogP contribution in [0.2, 0.25) is 0 Å². The molecule has 1 saturated carbocycles. The van der Waals surface area contributed by atoms with E-state index in [1.54, 1.807) is 6.92 Å². The van der Waals surface area contributed by atoms with Gasteiger partial charge in [-0.15, -0.1) is 0 Å². The van der Waals surface area contributed by atoms with Crippen molar-refractivity contribution in [2.75, 3.05) is 0 Å². The lowest BCUT2D eigenvalue weighted by atomic mass is 9.51. The van der Waals surface area contributed by atoms with Gasteiger partial charge in [-0.1, -0.05) is 50.8 Å². The van der Waals surface area contributed by atoms with Gasteiger partial charge >= 0.3 is 0 Å². The summed E-state index contributed by atoms with van der Waals surface area (Å²) in [7, 11) is 0. The molecule has 3 aliphatic carbocycles. The Morgan fingerprint density at radius 2 is 1.90 bits per heavy atom. The van der Waals surface area contributed by atoms with Crippen molar-refractivity contribution in [3.8, 4) is 0 Å². The Hall–Kier alpha value is -3.45. The van der Waals surface area contributed by atoms with Crippen LogP contribution in [0.5, 0.6) is 0 Å². The highest BCUT2D eigenvalue weighted by molar-refractivity contribution is 6.11. The molecule has 2 fully saturated rings. The number of benzene rings is 1. The SMILES string of the molecule is C=C1C(C)C2C(Cc3c[nH]c4ccccc34)NC(=O)C23C(=O)CC2C(=O)C(O)=C(C)C2C(C)C/C=C/C3C1O. The first kappa shape index (κ1) is 25.8. The number of allylic oxidation sites excluding steroid dienone is 3. The van der Waals surface area contributed by atoms with Gasteiger partial charge in [0.2, 0.25) is 11.7 Å². The lowest BCUT2D eigenvalue weighted by molar-refractivity contribution is -0.153. The van der Waals surface area contributed by atoms with Crippen LogP contribution < -0.4 is 5.32 Å². The van der Waals surface area contributed by atoms with Crippen molar-refractivity contribution >= 4 is 28.4 Å². The molecule has 1 aromatic heterocycles. The molecular weight excluding hydrogens is 492 g/mol. The summed E-state index contributed by atoms with van der Waals surface area (Å²) < 4.78 is 0. The number of H-pyrrole nitrogens is 1. The second-order valence-corrected chi connectivity index (χ2v) is 12.2. The van der Waals surface area contributed by atoms with Gasteiger partial charge in [-0.05, 0) is 60.3 Å². The number of aliphatic hydroxyl groups is 2. The zero-order valence-electron chi connectivity index (χ0n) is 22.6. The Kier molecular flexibility index (Phi) is 5.99. The Morgan fingerprint density at radius 3 is 2.67 bits per heavy atom. The predicted molar refractivity (Wildman–Crippen MR) is 148 cm³/mol. The molecule has 1 saturated heterocycles. The molecule has 1 spiro atoms. The van der Waals surface area contributed by atoms with Gasteiger partial charge in [-0.2, -0.15) is 0 Å². The van der Waals surface area contributed by atoms with Crippen molar-refractivity contribution < 1.29 is 24.6 Å². The van der Waals surface area contributed by atoms with E-state index in [9.17, 15) is 24.6 Å². The number of fused-ring (bicyclic) bond motifs is 2. The molecule has 2 aromatic rings. The van der Waals surface area contributed by atoms with Gasteiger partial charge in [0.25, 0.3) is 0 Å². The smallest absolute Gasteiger partial charge is 0.235 e. The third-order valence-electron chi connectivity index (χ3n) is 10.3. The summed E-state index contributed by atoms with van der Waals surface area (Å²) in [4.78, 5) is 45.2. The van der Waals surface area contributed by atoms with Crippen LogP contribution in [0, 0.1) is 40.9 Å². The van der Waals surface area contributed by atoms with Crippen LogP contribution in [-0.4, -0.2) is 44.8 Å². The molecule has 9 atom stereocenters. The summed E-state index contributed by atoms with van der Waals surface area (Å²) in [6.07, 6.45) is 5.63. The van der Waals surface area contributed by atoms with Gasteiger partial charge in [0.15, 0.2) is 5.76 Å². The Bertz CT molecular complexity index is 1470. The van der Waals surface area contributed by atoms with Crippen LogP contribution in [0.4, 0.5) is 0 Å². The maximum atomic E-state index is 14.6. The highest BCUT2D eigenvalue weighted by Gasteiger charge is 2.69. The van der Waals surface area contributed by atoms with Gasteiger partial charge < -0.3 is 20.5 Å². The molecule has 204 valence electrons. The molecule has 7 heteroatoms. The number of amides is 1. The quantitative estimate of drug-likeness (QED) is 0.344. The number of hydrogen-bond acceptors (Lipinski definition) is 5. The van der Waals surface area contributed by atoms with Gasteiger partial charge in [0, 0.05) is 47.3 Å². The van der Waals surface area contributed by atoms with E-state index in [1.165, 1.54) is 0 Å². The summed E-state index contributed by atoms with van der Waals surface area (Å²) in [5.74, 6) is -3.93. The fourth-order valence-corrected chi connectivity index (χ4v) is 8.40.